The van der Waals surface area contributed by atoms with Crippen molar-refractivity contribution in [1.29, 1.82) is 0 Å². The van der Waals surface area contributed by atoms with Gasteiger partial charge in [0.2, 0.25) is 5.82 Å². The summed E-state index contributed by atoms with van der Waals surface area (Å²) in [7, 11) is 0. The molecule has 0 aliphatic rings. The second-order valence-corrected chi connectivity index (χ2v) is 4.58. The monoisotopic (exact) mass is 282 g/mol. The number of aryl methyl sites for hydroxylation is 1. The first-order valence-electron chi connectivity index (χ1n) is 6.40. The van der Waals surface area contributed by atoms with E-state index < -0.39 is 0 Å². The Labute approximate surface area is 121 Å². The Kier molecular flexibility index (Phi) is 3.23. The second-order valence-electron chi connectivity index (χ2n) is 4.58. The molecule has 1 aromatic carbocycles. The summed E-state index contributed by atoms with van der Waals surface area (Å²) in [5, 5.41) is 11.8. The topological polar surface area (TPSA) is 95.6 Å². The highest BCUT2D eigenvalue weighted by molar-refractivity contribution is 5.64. The zero-order valence-electron chi connectivity index (χ0n) is 11.5. The summed E-state index contributed by atoms with van der Waals surface area (Å²) in [4.78, 5) is 4.32. The van der Waals surface area contributed by atoms with Gasteiger partial charge in [0.15, 0.2) is 11.5 Å². The summed E-state index contributed by atoms with van der Waals surface area (Å²) in [5.74, 6) is 1.11. The molecule has 0 aliphatic heterocycles. The maximum atomic E-state index is 5.95. The fourth-order valence-corrected chi connectivity index (χ4v) is 1.87. The number of aromatic nitrogens is 5. The van der Waals surface area contributed by atoms with Gasteiger partial charge in [0.25, 0.3) is 5.89 Å². The molecule has 2 N–H and O–H groups in total. The normalized spacial score (nSPS) is 10.7. The van der Waals surface area contributed by atoms with E-state index in [1.165, 1.54) is 10.2 Å². The summed E-state index contributed by atoms with van der Waals surface area (Å²) in [6.45, 7) is 6.12. The molecule has 0 fully saturated rings. The van der Waals surface area contributed by atoms with Gasteiger partial charge in [-0.15, -0.1) is 11.7 Å². The number of hydrogen-bond acceptors (Lipinski definition) is 6. The smallest absolute Gasteiger partial charge is 0.282 e. The zero-order valence-corrected chi connectivity index (χ0v) is 11.5. The maximum absolute atomic E-state index is 5.95. The van der Waals surface area contributed by atoms with Gasteiger partial charge in [0, 0.05) is 5.56 Å². The van der Waals surface area contributed by atoms with Crippen LogP contribution in [-0.2, 0) is 6.54 Å². The quantitative estimate of drug-likeness (QED) is 0.736. The van der Waals surface area contributed by atoms with Gasteiger partial charge in [-0.05, 0) is 6.92 Å². The van der Waals surface area contributed by atoms with Crippen molar-refractivity contribution in [3.63, 3.8) is 0 Å². The lowest BCUT2D eigenvalue weighted by atomic mass is 10.1. The van der Waals surface area contributed by atoms with Gasteiger partial charge in [-0.3, -0.25) is 0 Å². The molecule has 0 aliphatic carbocycles. The van der Waals surface area contributed by atoms with Crippen LogP contribution in [0, 0.1) is 6.92 Å². The molecule has 0 spiro atoms. The average molecular weight is 282 g/mol. The van der Waals surface area contributed by atoms with Crippen LogP contribution in [0.4, 0.5) is 5.82 Å². The minimum atomic E-state index is 0.249. The maximum Gasteiger partial charge on any atom is 0.282 e. The van der Waals surface area contributed by atoms with E-state index in [1.807, 2.05) is 31.2 Å². The van der Waals surface area contributed by atoms with E-state index in [0.29, 0.717) is 23.9 Å². The number of hydrogen-bond donors (Lipinski definition) is 1. The number of nitrogens with two attached hydrogens (primary N) is 1. The third-order valence-corrected chi connectivity index (χ3v) is 3.01. The predicted molar refractivity (Wildman–Crippen MR) is 78.1 cm³/mol. The summed E-state index contributed by atoms with van der Waals surface area (Å²) in [6, 6.07) is 7.84. The molecule has 21 heavy (non-hydrogen) atoms. The molecule has 0 saturated heterocycles. The molecule has 7 heteroatoms. The average Bonchev–Trinajstić information content (AvgIpc) is 3.08. The van der Waals surface area contributed by atoms with Crippen LogP contribution in [0.1, 0.15) is 5.56 Å². The van der Waals surface area contributed by atoms with Crippen molar-refractivity contribution in [2.75, 3.05) is 5.73 Å². The molecule has 3 rings (SSSR count). The highest BCUT2D eigenvalue weighted by atomic mass is 16.5. The lowest BCUT2D eigenvalue weighted by Crippen LogP contribution is -2.03. The van der Waals surface area contributed by atoms with Crippen molar-refractivity contribution in [2.24, 2.45) is 0 Å². The van der Waals surface area contributed by atoms with E-state index in [1.54, 1.807) is 6.08 Å². The standard InChI is InChI=1S/C14H14N6O/c1-3-8-20-12(15)11(17-19-20)14-16-13(18-21-14)10-6-4-9(2)5-7-10/h3-7H,1,8,15H2,2H3. The van der Waals surface area contributed by atoms with Crippen LogP contribution < -0.4 is 5.73 Å². The Morgan fingerprint density at radius 1 is 1.33 bits per heavy atom. The highest BCUT2D eigenvalue weighted by Crippen LogP contribution is 2.24. The summed E-state index contributed by atoms with van der Waals surface area (Å²) in [6.07, 6.45) is 1.68. The van der Waals surface area contributed by atoms with Gasteiger partial charge in [-0.2, -0.15) is 4.98 Å². The Hall–Kier alpha value is -2.96. The molecular weight excluding hydrogens is 268 g/mol. The molecule has 0 amide bonds. The number of nitrogens with zero attached hydrogens (tertiary/aromatic N) is 5. The third kappa shape index (κ3) is 2.40. The van der Waals surface area contributed by atoms with Crippen molar-refractivity contribution in [3.8, 4) is 23.0 Å². The van der Waals surface area contributed by atoms with E-state index in [-0.39, 0.29) is 5.89 Å². The van der Waals surface area contributed by atoms with E-state index >= 15 is 0 Å². The first-order valence-corrected chi connectivity index (χ1v) is 6.40. The van der Waals surface area contributed by atoms with E-state index in [2.05, 4.69) is 27.0 Å². The van der Waals surface area contributed by atoms with Crippen LogP contribution in [0.25, 0.3) is 23.0 Å². The minimum absolute atomic E-state index is 0.249. The fourth-order valence-electron chi connectivity index (χ4n) is 1.87. The Morgan fingerprint density at radius 3 is 2.81 bits per heavy atom. The number of benzene rings is 1. The molecule has 0 atom stereocenters. The van der Waals surface area contributed by atoms with E-state index in [9.17, 15) is 0 Å². The fraction of sp³-hybridized carbons (Fsp3) is 0.143. The van der Waals surface area contributed by atoms with E-state index in [0.717, 1.165) is 5.56 Å². The highest BCUT2D eigenvalue weighted by Gasteiger charge is 2.18. The van der Waals surface area contributed by atoms with Crippen molar-refractivity contribution in [1.82, 2.24) is 25.1 Å². The molecule has 0 radical (unpaired) electrons. The van der Waals surface area contributed by atoms with Crippen molar-refractivity contribution < 1.29 is 4.52 Å². The Bertz CT molecular complexity index is 771. The molecule has 2 heterocycles. The van der Waals surface area contributed by atoms with Gasteiger partial charge in [-0.1, -0.05) is 46.3 Å². The number of allylic oxidation sites excluding steroid dienone is 1. The lowest BCUT2D eigenvalue weighted by Gasteiger charge is -1.96. The number of rotatable bonds is 4. The Balaban J connectivity index is 1.94. The van der Waals surface area contributed by atoms with Crippen LogP contribution >= 0.6 is 0 Å². The summed E-state index contributed by atoms with van der Waals surface area (Å²) in [5.41, 5.74) is 8.36. The van der Waals surface area contributed by atoms with Gasteiger partial charge in [0.05, 0.1) is 6.54 Å². The third-order valence-electron chi connectivity index (χ3n) is 3.01. The van der Waals surface area contributed by atoms with Gasteiger partial charge < -0.3 is 10.3 Å². The van der Waals surface area contributed by atoms with Crippen LogP contribution in [0.15, 0.2) is 41.4 Å². The SMILES string of the molecule is C=CCn1nnc(-c2nc(-c3ccc(C)cc3)no2)c1N. The lowest BCUT2D eigenvalue weighted by molar-refractivity contribution is 0.431. The van der Waals surface area contributed by atoms with Gasteiger partial charge in [0.1, 0.15) is 0 Å². The zero-order chi connectivity index (χ0) is 14.8. The second kappa shape index (κ2) is 5.20. The van der Waals surface area contributed by atoms with Crippen LogP contribution in [-0.4, -0.2) is 25.1 Å². The van der Waals surface area contributed by atoms with E-state index in [4.69, 9.17) is 10.3 Å². The predicted octanol–water partition coefficient (Wildman–Crippen LogP) is 2.07. The summed E-state index contributed by atoms with van der Waals surface area (Å²) >= 11 is 0. The summed E-state index contributed by atoms with van der Waals surface area (Å²) < 4.78 is 6.74. The molecular formula is C14H14N6O. The molecule has 3 aromatic rings. The van der Waals surface area contributed by atoms with Gasteiger partial charge >= 0.3 is 0 Å². The van der Waals surface area contributed by atoms with Crippen molar-refractivity contribution in [3.05, 3.63) is 42.5 Å². The van der Waals surface area contributed by atoms with Crippen LogP contribution in [0.3, 0.4) is 0 Å². The van der Waals surface area contributed by atoms with Gasteiger partial charge in [-0.25, -0.2) is 4.68 Å². The molecule has 0 unspecified atom stereocenters. The molecule has 7 nitrogen and oxygen atoms in total. The first-order chi connectivity index (χ1) is 10.2. The first kappa shape index (κ1) is 13.0. The molecule has 0 bridgehead atoms. The molecule has 0 saturated carbocycles. The largest absolute Gasteiger partial charge is 0.382 e. The van der Waals surface area contributed by atoms with Crippen LogP contribution in [0.2, 0.25) is 0 Å². The van der Waals surface area contributed by atoms with Crippen LogP contribution in [0.5, 0.6) is 0 Å². The number of anilines is 1. The Morgan fingerprint density at radius 2 is 2.10 bits per heavy atom. The molecule has 2 aromatic heterocycles. The number of nitrogen functional groups attached to an aromatic ring is 1. The molecule has 106 valence electrons. The van der Waals surface area contributed by atoms with Crippen molar-refractivity contribution >= 4 is 5.82 Å². The van der Waals surface area contributed by atoms with Crippen molar-refractivity contribution in [2.45, 2.75) is 13.5 Å². The minimum Gasteiger partial charge on any atom is -0.382 e.